The topological polar surface area (TPSA) is 66.6 Å². The molecule has 0 aromatic heterocycles. The zero-order chi connectivity index (χ0) is 13.9. The molecule has 0 unspecified atom stereocenters. The molecule has 1 rings (SSSR count). The normalized spacial score (nSPS) is 12.3. The number of likely N-dealkylation sites (N-methyl/N-ethyl adjacent to an activating group) is 2. The number of nitrogen functional groups attached to an aromatic ring is 1. The predicted octanol–water partition coefficient (Wildman–Crippen LogP) is 0.759. The summed E-state index contributed by atoms with van der Waals surface area (Å²) in [6.07, 6.45) is 0. The van der Waals surface area contributed by atoms with Crippen molar-refractivity contribution in [2.45, 2.75) is 11.8 Å². The minimum atomic E-state index is -3.42. The highest BCUT2D eigenvalue weighted by Gasteiger charge is 2.20. The van der Waals surface area contributed by atoms with Crippen LogP contribution in [-0.2, 0) is 10.0 Å². The van der Waals surface area contributed by atoms with Crippen LogP contribution in [0.2, 0.25) is 0 Å². The van der Waals surface area contributed by atoms with Gasteiger partial charge in [0.2, 0.25) is 10.0 Å². The largest absolute Gasteiger partial charge is 0.399 e. The number of anilines is 1. The molecular weight excluding hydrogens is 250 g/mol. The van der Waals surface area contributed by atoms with Gasteiger partial charge in [-0.2, -0.15) is 4.31 Å². The third-order valence-corrected chi connectivity index (χ3v) is 4.66. The van der Waals surface area contributed by atoms with Crippen LogP contribution in [0.15, 0.2) is 23.1 Å². The number of hydrogen-bond acceptors (Lipinski definition) is 4. The van der Waals surface area contributed by atoms with E-state index in [4.69, 9.17) is 5.73 Å². The maximum atomic E-state index is 12.3. The Morgan fingerprint density at radius 3 is 2.28 bits per heavy atom. The second-order valence-electron chi connectivity index (χ2n) is 4.65. The summed E-state index contributed by atoms with van der Waals surface area (Å²) in [5.74, 6) is 0. The lowest BCUT2D eigenvalue weighted by atomic mass is 10.2. The van der Waals surface area contributed by atoms with Crippen LogP contribution in [0.3, 0.4) is 0 Å². The highest BCUT2D eigenvalue weighted by molar-refractivity contribution is 7.89. The van der Waals surface area contributed by atoms with Crippen LogP contribution in [-0.4, -0.2) is 51.9 Å². The van der Waals surface area contributed by atoms with Gasteiger partial charge < -0.3 is 10.6 Å². The zero-order valence-corrected chi connectivity index (χ0v) is 12.2. The van der Waals surface area contributed by atoms with Crippen molar-refractivity contribution in [3.63, 3.8) is 0 Å². The Morgan fingerprint density at radius 2 is 1.78 bits per heavy atom. The Balaban J connectivity index is 2.95. The summed E-state index contributed by atoms with van der Waals surface area (Å²) >= 11 is 0. The van der Waals surface area contributed by atoms with Gasteiger partial charge in [0.1, 0.15) is 0 Å². The summed E-state index contributed by atoms with van der Waals surface area (Å²) in [5.41, 5.74) is 7.07. The number of rotatable bonds is 5. The molecule has 0 aliphatic carbocycles. The lowest BCUT2D eigenvalue weighted by Gasteiger charge is -2.19. The van der Waals surface area contributed by atoms with E-state index in [1.807, 2.05) is 19.0 Å². The van der Waals surface area contributed by atoms with Crippen molar-refractivity contribution in [3.8, 4) is 0 Å². The Bertz CT molecular complexity index is 512. The molecule has 0 saturated heterocycles. The SMILES string of the molecule is Cc1cc(S(=O)(=O)N(C)CCN(C)C)ccc1N. The average molecular weight is 271 g/mol. The van der Waals surface area contributed by atoms with E-state index in [1.54, 1.807) is 32.2 Å². The number of nitrogens with two attached hydrogens (primary N) is 1. The van der Waals surface area contributed by atoms with Gasteiger partial charge in [-0.3, -0.25) is 0 Å². The molecule has 0 atom stereocenters. The summed E-state index contributed by atoms with van der Waals surface area (Å²) < 4.78 is 25.9. The fourth-order valence-corrected chi connectivity index (χ4v) is 2.70. The number of benzene rings is 1. The monoisotopic (exact) mass is 271 g/mol. The van der Waals surface area contributed by atoms with E-state index < -0.39 is 10.0 Å². The van der Waals surface area contributed by atoms with E-state index in [0.717, 1.165) is 5.56 Å². The Labute approximate surface area is 109 Å². The fourth-order valence-electron chi connectivity index (χ4n) is 1.45. The molecule has 0 spiro atoms. The van der Waals surface area contributed by atoms with Crippen molar-refractivity contribution in [3.05, 3.63) is 23.8 Å². The third kappa shape index (κ3) is 3.44. The van der Waals surface area contributed by atoms with Crippen LogP contribution >= 0.6 is 0 Å². The van der Waals surface area contributed by atoms with Crippen molar-refractivity contribution in [2.75, 3.05) is 40.0 Å². The van der Waals surface area contributed by atoms with E-state index in [-0.39, 0.29) is 4.90 Å². The molecule has 6 heteroatoms. The average Bonchev–Trinajstić information content (AvgIpc) is 2.29. The molecule has 0 fully saturated rings. The maximum Gasteiger partial charge on any atom is 0.242 e. The van der Waals surface area contributed by atoms with E-state index in [2.05, 4.69) is 0 Å². The number of nitrogens with zero attached hydrogens (tertiary/aromatic N) is 2. The molecule has 2 N–H and O–H groups in total. The number of sulfonamides is 1. The quantitative estimate of drug-likeness (QED) is 0.803. The second-order valence-corrected chi connectivity index (χ2v) is 6.69. The first-order valence-electron chi connectivity index (χ1n) is 5.72. The van der Waals surface area contributed by atoms with Gasteiger partial charge in [0.25, 0.3) is 0 Å². The number of hydrogen-bond donors (Lipinski definition) is 1. The summed E-state index contributed by atoms with van der Waals surface area (Å²) in [4.78, 5) is 2.23. The van der Waals surface area contributed by atoms with Gasteiger partial charge in [-0.25, -0.2) is 8.42 Å². The molecule has 0 aliphatic rings. The molecule has 0 aliphatic heterocycles. The first-order valence-corrected chi connectivity index (χ1v) is 7.16. The van der Waals surface area contributed by atoms with Gasteiger partial charge in [-0.1, -0.05) is 0 Å². The smallest absolute Gasteiger partial charge is 0.242 e. The third-order valence-electron chi connectivity index (χ3n) is 2.81. The first kappa shape index (κ1) is 14.9. The molecule has 1 aromatic carbocycles. The zero-order valence-electron chi connectivity index (χ0n) is 11.3. The minimum Gasteiger partial charge on any atom is -0.399 e. The molecule has 5 nitrogen and oxygen atoms in total. The molecule has 1 aromatic rings. The van der Waals surface area contributed by atoms with Crippen LogP contribution in [0.25, 0.3) is 0 Å². The molecule has 0 bridgehead atoms. The summed E-state index contributed by atoms with van der Waals surface area (Å²) in [6.45, 7) is 2.94. The minimum absolute atomic E-state index is 0.287. The van der Waals surface area contributed by atoms with Crippen molar-refractivity contribution in [1.29, 1.82) is 0 Å². The van der Waals surface area contributed by atoms with Crippen LogP contribution in [0, 0.1) is 6.92 Å². The van der Waals surface area contributed by atoms with Crippen LogP contribution in [0.4, 0.5) is 5.69 Å². The predicted molar refractivity (Wildman–Crippen MR) is 74.0 cm³/mol. The highest BCUT2D eigenvalue weighted by atomic mass is 32.2. The summed E-state index contributed by atoms with van der Waals surface area (Å²) in [7, 11) is 1.99. The first-order chi connectivity index (χ1) is 8.25. The summed E-state index contributed by atoms with van der Waals surface area (Å²) in [5, 5.41) is 0. The van der Waals surface area contributed by atoms with Gasteiger partial charge in [-0.15, -0.1) is 0 Å². The van der Waals surface area contributed by atoms with Crippen LogP contribution in [0.1, 0.15) is 5.56 Å². The van der Waals surface area contributed by atoms with Gasteiger partial charge in [-0.05, 0) is 44.8 Å². The molecule has 18 heavy (non-hydrogen) atoms. The van der Waals surface area contributed by atoms with Crippen LogP contribution in [0.5, 0.6) is 0 Å². The van der Waals surface area contributed by atoms with E-state index in [9.17, 15) is 8.42 Å². The van der Waals surface area contributed by atoms with Crippen molar-refractivity contribution >= 4 is 15.7 Å². The van der Waals surface area contributed by atoms with Gasteiger partial charge in [0.05, 0.1) is 4.90 Å². The molecule has 0 radical (unpaired) electrons. The standard InChI is InChI=1S/C12H21N3O2S/c1-10-9-11(5-6-12(10)13)18(16,17)15(4)8-7-14(2)3/h5-6,9H,7-8,13H2,1-4H3. The van der Waals surface area contributed by atoms with Crippen molar-refractivity contribution in [2.24, 2.45) is 0 Å². The van der Waals surface area contributed by atoms with Gasteiger partial charge in [0.15, 0.2) is 0 Å². The van der Waals surface area contributed by atoms with Gasteiger partial charge >= 0.3 is 0 Å². The second kappa shape index (κ2) is 5.69. The van der Waals surface area contributed by atoms with Crippen molar-refractivity contribution < 1.29 is 8.42 Å². The number of aryl methyl sites for hydroxylation is 1. The molecule has 0 amide bonds. The summed E-state index contributed by atoms with van der Waals surface area (Å²) in [6, 6.07) is 4.78. The molecule has 0 saturated carbocycles. The highest BCUT2D eigenvalue weighted by Crippen LogP contribution is 2.19. The van der Waals surface area contributed by atoms with E-state index >= 15 is 0 Å². The van der Waals surface area contributed by atoms with Gasteiger partial charge in [0, 0.05) is 25.8 Å². The van der Waals surface area contributed by atoms with E-state index in [1.165, 1.54) is 4.31 Å². The lowest BCUT2D eigenvalue weighted by Crippen LogP contribution is -2.33. The Morgan fingerprint density at radius 1 is 1.17 bits per heavy atom. The van der Waals surface area contributed by atoms with Crippen molar-refractivity contribution in [1.82, 2.24) is 9.21 Å². The molecule has 102 valence electrons. The van der Waals surface area contributed by atoms with E-state index in [0.29, 0.717) is 18.8 Å². The Kier molecular flexibility index (Phi) is 4.72. The lowest BCUT2D eigenvalue weighted by molar-refractivity contribution is 0.358. The Hall–Kier alpha value is -1.11. The molecular formula is C12H21N3O2S. The van der Waals surface area contributed by atoms with Crippen LogP contribution < -0.4 is 5.73 Å². The fraction of sp³-hybridized carbons (Fsp3) is 0.500. The molecule has 0 heterocycles. The maximum absolute atomic E-state index is 12.3.